The maximum absolute atomic E-state index is 13.2. The number of ether oxygens (including phenoxy) is 1. The topological polar surface area (TPSA) is 81.5 Å². The van der Waals surface area contributed by atoms with Crippen LogP contribution in [0.15, 0.2) is 18.2 Å². The van der Waals surface area contributed by atoms with E-state index in [1.54, 1.807) is 6.92 Å². The molecule has 0 unspecified atom stereocenters. The summed E-state index contributed by atoms with van der Waals surface area (Å²) in [5, 5.41) is 12.4. The summed E-state index contributed by atoms with van der Waals surface area (Å²) < 4.78 is 17.8. The van der Waals surface area contributed by atoms with E-state index in [2.05, 4.69) is 10.1 Å². The Morgan fingerprint density at radius 3 is 2.81 bits per heavy atom. The van der Waals surface area contributed by atoms with Gasteiger partial charge in [-0.15, -0.1) is 0 Å². The third-order valence-electron chi connectivity index (χ3n) is 1.68. The highest BCUT2D eigenvalue weighted by Crippen LogP contribution is 2.20. The predicted octanol–water partition coefficient (Wildman–Crippen LogP) is 2.30. The molecule has 0 spiro atoms. The Labute approximate surface area is 90.2 Å². The first-order valence-corrected chi connectivity index (χ1v) is 4.42. The lowest BCUT2D eigenvalue weighted by Gasteiger charge is -2.05. The Bertz CT molecular complexity index is 422. The molecule has 0 fully saturated rings. The van der Waals surface area contributed by atoms with Crippen LogP contribution < -0.4 is 5.32 Å². The second kappa shape index (κ2) is 5.06. The molecule has 1 amide bonds. The Balaban J connectivity index is 2.83. The van der Waals surface area contributed by atoms with Crippen molar-refractivity contribution in [3.05, 3.63) is 34.1 Å². The van der Waals surface area contributed by atoms with E-state index in [-0.39, 0.29) is 18.0 Å². The third kappa shape index (κ3) is 2.91. The van der Waals surface area contributed by atoms with Crippen LogP contribution in [0.5, 0.6) is 0 Å². The highest BCUT2D eigenvalue weighted by atomic mass is 19.1. The molecule has 0 saturated carbocycles. The van der Waals surface area contributed by atoms with Crippen LogP contribution in [0.2, 0.25) is 0 Å². The van der Waals surface area contributed by atoms with E-state index in [1.807, 2.05) is 0 Å². The van der Waals surface area contributed by atoms with E-state index in [1.165, 1.54) is 0 Å². The lowest BCUT2D eigenvalue weighted by atomic mass is 10.2. The summed E-state index contributed by atoms with van der Waals surface area (Å²) in [4.78, 5) is 20.5. The van der Waals surface area contributed by atoms with Crippen LogP contribution in [0, 0.1) is 15.9 Å². The number of nitrogens with zero attached hydrogens (tertiary/aromatic N) is 1. The highest BCUT2D eigenvalue weighted by molar-refractivity contribution is 5.84. The minimum Gasteiger partial charge on any atom is -0.450 e. The number of anilines is 1. The fourth-order valence-electron chi connectivity index (χ4n) is 0.996. The normalized spacial score (nSPS) is 9.62. The van der Waals surface area contributed by atoms with Gasteiger partial charge in [0.15, 0.2) is 5.82 Å². The molecule has 1 aromatic carbocycles. The van der Waals surface area contributed by atoms with Crippen LogP contribution in [-0.2, 0) is 4.74 Å². The molecular weight excluding hydrogens is 219 g/mol. The number of carbonyl (C=O) groups is 1. The molecule has 0 atom stereocenters. The Morgan fingerprint density at radius 2 is 2.31 bits per heavy atom. The van der Waals surface area contributed by atoms with E-state index < -0.39 is 16.8 Å². The van der Waals surface area contributed by atoms with Gasteiger partial charge in [-0.3, -0.25) is 15.4 Å². The first-order chi connectivity index (χ1) is 7.54. The largest absolute Gasteiger partial charge is 0.450 e. The van der Waals surface area contributed by atoms with Crippen LogP contribution in [0.1, 0.15) is 6.92 Å². The lowest BCUT2D eigenvalue weighted by molar-refractivity contribution is -0.385. The van der Waals surface area contributed by atoms with Gasteiger partial charge in [0, 0.05) is 6.07 Å². The monoisotopic (exact) mass is 228 g/mol. The number of non-ortho nitro benzene ring substituents is 1. The molecule has 1 N–H and O–H groups in total. The zero-order valence-electron chi connectivity index (χ0n) is 8.40. The molecule has 0 aliphatic rings. The number of benzene rings is 1. The van der Waals surface area contributed by atoms with Gasteiger partial charge in [0.25, 0.3) is 5.69 Å². The van der Waals surface area contributed by atoms with Gasteiger partial charge in [-0.05, 0) is 13.0 Å². The number of halogens is 1. The minimum atomic E-state index is -0.887. The summed E-state index contributed by atoms with van der Waals surface area (Å²) in [5.41, 5.74) is -0.545. The van der Waals surface area contributed by atoms with Crippen molar-refractivity contribution in [2.75, 3.05) is 11.9 Å². The van der Waals surface area contributed by atoms with Crippen molar-refractivity contribution in [3.8, 4) is 0 Å². The van der Waals surface area contributed by atoms with Gasteiger partial charge in [0.1, 0.15) is 0 Å². The molecule has 0 heterocycles. The number of hydrogen-bond donors (Lipinski definition) is 1. The number of nitro groups is 1. The Morgan fingerprint density at radius 1 is 1.62 bits per heavy atom. The average molecular weight is 228 g/mol. The quantitative estimate of drug-likeness (QED) is 0.635. The number of rotatable bonds is 3. The van der Waals surface area contributed by atoms with Crippen molar-refractivity contribution >= 4 is 17.5 Å². The zero-order chi connectivity index (χ0) is 12.1. The third-order valence-corrected chi connectivity index (χ3v) is 1.68. The second-order valence-corrected chi connectivity index (χ2v) is 2.77. The van der Waals surface area contributed by atoms with E-state index in [4.69, 9.17) is 0 Å². The summed E-state index contributed by atoms with van der Waals surface area (Å²) >= 11 is 0. The maximum atomic E-state index is 13.2. The van der Waals surface area contributed by atoms with Crippen LogP contribution in [-0.4, -0.2) is 17.6 Å². The summed E-state index contributed by atoms with van der Waals surface area (Å²) in [5.74, 6) is -0.887. The fraction of sp³-hybridized carbons (Fsp3) is 0.222. The Hall–Kier alpha value is -2.18. The molecule has 0 aromatic heterocycles. The molecular formula is C9H9FN2O4. The minimum absolute atomic E-state index is 0.153. The molecule has 86 valence electrons. The standard InChI is InChI=1S/C9H9FN2O4/c1-2-16-9(13)11-8-4-3-6(12(14)15)5-7(8)10/h3-5H,2H2,1H3,(H,11,13). The first-order valence-electron chi connectivity index (χ1n) is 4.42. The van der Waals surface area contributed by atoms with Crippen molar-refractivity contribution in [1.29, 1.82) is 0 Å². The SMILES string of the molecule is CCOC(=O)Nc1ccc([N+](=O)[O-])cc1F. The molecule has 6 nitrogen and oxygen atoms in total. The van der Waals surface area contributed by atoms with Crippen LogP contribution in [0.3, 0.4) is 0 Å². The summed E-state index contributed by atoms with van der Waals surface area (Å²) in [6.45, 7) is 1.76. The molecule has 7 heteroatoms. The van der Waals surface area contributed by atoms with Gasteiger partial charge in [-0.1, -0.05) is 0 Å². The molecule has 0 aliphatic carbocycles. The Kier molecular flexibility index (Phi) is 3.76. The predicted molar refractivity (Wildman–Crippen MR) is 53.7 cm³/mol. The van der Waals surface area contributed by atoms with E-state index >= 15 is 0 Å². The van der Waals surface area contributed by atoms with Gasteiger partial charge in [-0.2, -0.15) is 0 Å². The molecule has 0 bridgehead atoms. The van der Waals surface area contributed by atoms with Gasteiger partial charge < -0.3 is 4.74 Å². The van der Waals surface area contributed by atoms with Crippen LogP contribution in [0.4, 0.5) is 20.6 Å². The highest BCUT2D eigenvalue weighted by Gasteiger charge is 2.12. The first kappa shape index (κ1) is 11.9. The van der Waals surface area contributed by atoms with Gasteiger partial charge >= 0.3 is 6.09 Å². The number of nitro benzene ring substituents is 1. The number of carbonyl (C=O) groups excluding carboxylic acids is 1. The number of nitrogens with one attached hydrogen (secondary N) is 1. The zero-order valence-corrected chi connectivity index (χ0v) is 8.40. The van der Waals surface area contributed by atoms with E-state index in [0.717, 1.165) is 18.2 Å². The van der Waals surface area contributed by atoms with Gasteiger partial charge in [-0.25, -0.2) is 9.18 Å². The molecule has 1 aromatic rings. The van der Waals surface area contributed by atoms with E-state index in [0.29, 0.717) is 0 Å². The number of hydrogen-bond acceptors (Lipinski definition) is 4. The van der Waals surface area contributed by atoms with Crippen LogP contribution >= 0.6 is 0 Å². The molecule has 0 aliphatic heterocycles. The van der Waals surface area contributed by atoms with Crippen molar-refractivity contribution < 1.29 is 18.8 Å². The maximum Gasteiger partial charge on any atom is 0.411 e. The average Bonchev–Trinajstić information content (AvgIpc) is 2.21. The van der Waals surface area contributed by atoms with Gasteiger partial charge in [0.2, 0.25) is 0 Å². The van der Waals surface area contributed by atoms with Crippen molar-refractivity contribution in [3.63, 3.8) is 0 Å². The van der Waals surface area contributed by atoms with Crippen molar-refractivity contribution in [2.24, 2.45) is 0 Å². The molecule has 1 rings (SSSR count). The fourth-order valence-corrected chi connectivity index (χ4v) is 0.996. The molecule has 0 radical (unpaired) electrons. The molecule has 0 saturated heterocycles. The van der Waals surface area contributed by atoms with Crippen molar-refractivity contribution in [2.45, 2.75) is 6.92 Å². The second-order valence-electron chi connectivity index (χ2n) is 2.77. The summed E-state index contributed by atoms with van der Waals surface area (Å²) in [7, 11) is 0. The molecule has 16 heavy (non-hydrogen) atoms. The van der Waals surface area contributed by atoms with Gasteiger partial charge in [0.05, 0.1) is 23.3 Å². The van der Waals surface area contributed by atoms with E-state index in [9.17, 15) is 19.3 Å². The number of amides is 1. The lowest BCUT2D eigenvalue weighted by Crippen LogP contribution is -2.14. The summed E-state index contributed by atoms with van der Waals surface area (Å²) in [6, 6.07) is 2.91. The smallest absolute Gasteiger partial charge is 0.411 e. The van der Waals surface area contributed by atoms with Crippen molar-refractivity contribution in [1.82, 2.24) is 0 Å². The summed E-state index contributed by atoms with van der Waals surface area (Å²) in [6.07, 6.45) is -0.810. The van der Waals surface area contributed by atoms with Crippen LogP contribution in [0.25, 0.3) is 0 Å².